The highest BCUT2D eigenvalue weighted by molar-refractivity contribution is 6.31. The van der Waals surface area contributed by atoms with Gasteiger partial charge in [-0.1, -0.05) is 29.8 Å². The van der Waals surface area contributed by atoms with Gasteiger partial charge in [-0.25, -0.2) is 0 Å². The van der Waals surface area contributed by atoms with Crippen LogP contribution >= 0.6 is 11.6 Å². The molecule has 0 spiro atoms. The Labute approximate surface area is 141 Å². The predicted octanol–water partition coefficient (Wildman–Crippen LogP) is 2.62. The number of hydrogen-bond donors (Lipinski definition) is 2. The van der Waals surface area contributed by atoms with E-state index in [9.17, 15) is 14.7 Å². The monoisotopic (exact) mass is 339 g/mol. The van der Waals surface area contributed by atoms with E-state index >= 15 is 0 Å². The van der Waals surface area contributed by atoms with Crippen LogP contribution in [0.4, 0.5) is 0 Å². The van der Waals surface area contributed by atoms with Gasteiger partial charge in [0.25, 0.3) is 0 Å². The van der Waals surface area contributed by atoms with Crippen LogP contribution in [0.25, 0.3) is 0 Å². The smallest absolute Gasteiger partial charge is 0.310 e. The van der Waals surface area contributed by atoms with Gasteiger partial charge in [0, 0.05) is 24.8 Å². The third kappa shape index (κ3) is 3.67. The number of carboxylic acids is 1. The lowest BCUT2D eigenvalue weighted by Crippen LogP contribution is -2.51. The minimum absolute atomic E-state index is 0.0637. The van der Waals surface area contributed by atoms with Crippen molar-refractivity contribution < 1.29 is 19.4 Å². The van der Waals surface area contributed by atoms with E-state index in [-0.39, 0.29) is 12.5 Å². The zero-order chi connectivity index (χ0) is 17.1. The van der Waals surface area contributed by atoms with Crippen LogP contribution in [0.15, 0.2) is 24.3 Å². The number of hydrogen-bond acceptors (Lipinski definition) is 3. The van der Waals surface area contributed by atoms with E-state index in [1.165, 1.54) is 0 Å². The average molecular weight is 340 g/mol. The number of halogens is 1. The highest BCUT2D eigenvalue weighted by atomic mass is 35.5. The number of amides is 1. The zero-order valence-corrected chi connectivity index (χ0v) is 14.2. The molecule has 1 aromatic carbocycles. The van der Waals surface area contributed by atoms with E-state index in [1.807, 2.05) is 18.2 Å². The molecular weight excluding hydrogens is 318 g/mol. The Hall–Kier alpha value is -1.59. The van der Waals surface area contributed by atoms with Crippen LogP contribution in [0.1, 0.15) is 32.3 Å². The maximum absolute atomic E-state index is 12.9. The Morgan fingerprint density at radius 3 is 2.48 bits per heavy atom. The molecule has 1 fully saturated rings. The molecule has 6 heteroatoms. The normalized spacial score (nSPS) is 17.5. The van der Waals surface area contributed by atoms with Crippen molar-refractivity contribution in [1.29, 1.82) is 0 Å². The summed E-state index contributed by atoms with van der Waals surface area (Å²) < 4.78 is 5.40. The van der Waals surface area contributed by atoms with Crippen molar-refractivity contribution in [2.24, 2.45) is 5.41 Å². The summed E-state index contributed by atoms with van der Waals surface area (Å²) in [5.74, 6) is -1.14. The quantitative estimate of drug-likeness (QED) is 0.864. The molecule has 2 N–H and O–H groups in total. The summed E-state index contributed by atoms with van der Waals surface area (Å²) in [6.07, 6.45) is 1.05. The molecule has 2 rings (SSSR count). The number of aliphatic carboxylic acids is 1. The SMILES string of the molecule is CC(C)(CNC(=O)C1(c2ccccc2Cl)CCOCC1)C(=O)O. The summed E-state index contributed by atoms with van der Waals surface area (Å²) >= 11 is 6.32. The Kier molecular flexibility index (Phi) is 5.32. The number of carbonyl (C=O) groups is 2. The van der Waals surface area contributed by atoms with Gasteiger partial charge in [0.05, 0.1) is 10.8 Å². The Morgan fingerprint density at radius 1 is 1.30 bits per heavy atom. The maximum Gasteiger partial charge on any atom is 0.310 e. The standard InChI is InChI=1S/C17H22ClNO4/c1-16(2,15(21)22)11-19-14(20)17(7-9-23-10-8-17)12-5-3-4-6-13(12)18/h3-6H,7-11H2,1-2H3,(H,19,20)(H,21,22). The zero-order valence-electron chi connectivity index (χ0n) is 13.4. The summed E-state index contributed by atoms with van der Waals surface area (Å²) in [5.41, 5.74) is -1.02. The number of nitrogens with one attached hydrogen (secondary N) is 1. The maximum atomic E-state index is 12.9. The molecule has 126 valence electrons. The van der Waals surface area contributed by atoms with E-state index in [0.717, 1.165) is 5.56 Å². The van der Waals surface area contributed by atoms with E-state index in [1.54, 1.807) is 19.9 Å². The first-order chi connectivity index (χ1) is 10.8. The molecule has 1 aromatic rings. The van der Waals surface area contributed by atoms with Gasteiger partial charge >= 0.3 is 5.97 Å². The largest absolute Gasteiger partial charge is 0.481 e. The molecule has 1 amide bonds. The van der Waals surface area contributed by atoms with Crippen LogP contribution in [-0.2, 0) is 19.7 Å². The first-order valence-electron chi connectivity index (χ1n) is 7.64. The lowest BCUT2D eigenvalue weighted by molar-refractivity contribution is -0.147. The lowest BCUT2D eigenvalue weighted by atomic mass is 9.73. The summed E-state index contributed by atoms with van der Waals surface area (Å²) in [7, 11) is 0. The highest BCUT2D eigenvalue weighted by Gasteiger charge is 2.43. The molecule has 0 atom stereocenters. The van der Waals surface area contributed by atoms with Crippen molar-refractivity contribution in [3.63, 3.8) is 0 Å². The third-order valence-electron chi connectivity index (χ3n) is 4.44. The van der Waals surface area contributed by atoms with Crippen LogP contribution in [-0.4, -0.2) is 36.7 Å². The van der Waals surface area contributed by atoms with Gasteiger partial charge in [0.15, 0.2) is 0 Å². The fraction of sp³-hybridized carbons (Fsp3) is 0.529. The molecule has 0 aromatic heterocycles. The van der Waals surface area contributed by atoms with Crippen LogP contribution in [0, 0.1) is 5.41 Å². The molecule has 5 nitrogen and oxygen atoms in total. The van der Waals surface area contributed by atoms with Gasteiger partial charge in [-0.3, -0.25) is 9.59 Å². The van der Waals surface area contributed by atoms with Crippen molar-refractivity contribution in [2.45, 2.75) is 32.1 Å². The first-order valence-corrected chi connectivity index (χ1v) is 8.02. The summed E-state index contributed by atoms with van der Waals surface area (Å²) in [5, 5.41) is 12.5. The van der Waals surface area contributed by atoms with Crippen molar-refractivity contribution in [2.75, 3.05) is 19.8 Å². The average Bonchev–Trinajstić information content (AvgIpc) is 2.53. The van der Waals surface area contributed by atoms with Crippen molar-refractivity contribution >= 4 is 23.5 Å². The number of carboxylic acid groups (broad SMARTS) is 1. The summed E-state index contributed by atoms with van der Waals surface area (Å²) in [6, 6.07) is 7.30. The Morgan fingerprint density at radius 2 is 1.91 bits per heavy atom. The van der Waals surface area contributed by atoms with E-state index in [2.05, 4.69) is 5.32 Å². The minimum atomic E-state index is -1.03. The fourth-order valence-corrected chi connectivity index (χ4v) is 3.05. The van der Waals surface area contributed by atoms with E-state index in [0.29, 0.717) is 31.1 Å². The molecule has 0 radical (unpaired) electrons. The summed E-state index contributed by atoms with van der Waals surface area (Å²) in [6.45, 7) is 4.18. The topological polar surface area (TPSA) is 75.6 Å². The van der Waals surface area contributed by atoms with Gasteiger partial charge in [-0.2, -0.15) is 0 Å². The highest BCUT2D eigenvalue weighted by Crippen LogP contribution is 2.39. The molecule has 0 aliphatic carbocycles. The van der Waals surface area contributed by atoms with Gasteiger partial charge in [0.2, 0.25) is 5.91 Å². The molecule has 1 aliphatic heterocycles. The van der Waals surface area contributed by atoms with Crippen molar-refractivity contribution in [3.8, 4) is 0 Å². The van der Waals surface area contributed by atoms with Gasteiger partial charge < -0.3 is 15.2 Å². The molecule has 0 unspecified atom stereocenters. The van der Waals surface area contributed by atoms with Gasteiger partial charge in [-0.15, -0.1) is 0 Å². The molecule has 0 saturated carbocycles. The van der Waals surface area contributed by atoms with E-state index in [4.69, 9.17) is 16.3 Å². The molecule has 1 saturated heterocycles. The second kappa shape index (κ2) is 6.89. The number of carbonyl (C=O) groups excluding carboxylic acids is 1. The number of rotatable bonds is 5. The molecule has 23 heavy (non-hydrogen) atoms. The second-order valence-corrected chi connectivity index (χ2v) is 6.95. The van der Waals surface area contributed by atoms with Crippen molar-refractivity contribution in [3.05, 3.63) is 34.9 Å². The Bertz CT molecular complexity index is 594. The predicted molar refractivity (Wildman–Crippen MR) is 87.6 cm³/mol. The van der Waals surface area contributed by atoms with Crippen LogP contribution in [0.3, 0.4) is 0 Å². The van der Waals surface area contributed by atoms with Crippen LogP contribution in [0.2, 0.25) is 5.02 Å². The summed E-state index contributed by atoms with van der Waals surface area (Å²) in [4.78, 5) is 24.1. The number of benzene rings is 1. The minimum Gasteiger partial charge on any atom is -0.481 e. The molecule has 0 bridgehead atoms. The Balaban J connectivity index is 2.27. The lowest BCUT2D eigenvalue weighted by Gasteiger charge is -2.37. The van der Waals surface area contributed by atoms with Gasteiger partial charge in [0.1, 0.15) is 0 Å². The molecular formula is C17H22ClNO4. The molecule has 1 aliphatic rings. The second-order valence-electron chi connectivity index (χ2n) is 6.55. The molecule has 1 heterocycles. The fourth-order valence-electron chi connectivity index (χ4n) is 2.73. The van der Waals surface area contributed by atoms with Crippen LogP contribution < -0.4 is 5.32 Å². The third-order valence-corrected chi connectivity index (χ3v) is 4.77. The van der Waals surface area contributed by atoms with E-state index < -0.39 is 16.8 Å². The number of ether oxygens (including phenoxy) is 1. The first kappa shape index (κ1) is 17.8. The van der Waals surface area contributed by atoms with Gasteiger partial charge in [-0.05, 0) is 38.3 Å². The van der Waals surface area contributed by atoms with Crippen molar-refractivity contribution in [1.82, 2.24) is 5.32 Å². The van der Waals surface area contributed by atoms with Crippen LogP contribution in [0.5, 0.6) is 0 Å².